The van der Waals surface area contributed by atoms with E-state index in [1.165, 1.54) is 12.1 Å². The molecule has 1 aliphatic heterocycles. The highest BCUT2D eigenvalue weighted by atomic mass is 19.4. The summed E-state index contributed by atoms with van der Waals surface area (Å²) in [4.78, 5) is 12.8. The standard InChI is InChI=1S/C22H18F3NO2/c23-22(24,25)19-14-8-7-13-18(19)21-26(15-16-9-3-1-4-10-16)20(27-28-21)17-11-5-2-6-12-17/h1-14,20-21H,15H2. The lowest BCUT2D eigenvalue weighted by atomic mass is 10.0. The zero-order valence-corrected chi connectivity index (χ0v) is 14.8. The van der Waals surface area contributed by atoms with Gasteiger partial charge in [-0.05, 0) is 17.2 Å². The summed E-state index contributed by atoms with van der Waals surface area (Å²) in [5.74, 6) is 0. The maximum atomic E-state index is 13.6. The van der Waals surface area contributed by atoms with E-state index in [1.807, 2.05) is 60.7 Å². The quantitative estimate of drug-likeness (QED) is 0.525. The van der Waals surface area contributed by atoms with Crippen molar-refractivity contribution in [2.75, 3.05) is 0 Å². The van der Waals surface area contributed by atoms with Crippen molar-refractivity contribution in [2.24, 2.45) is 0 Å². The fraction of sp³-hybridized carbons (Fsp3) is 0.182. The molecule has 6 heteroatoms. The molecule has 3 aromatic carbocycles. The Bertz CT molecular complexity index is 916. The predicted molar refractivity (Wildman–Crippen MR) is 97.5 cm³/mol. The van der Waals surface area contributed by atoms with Crippen LogP contribution in [0.15, 0.2) is 84.9 Å². The molecule has 3 nitrogen and oxygen atoms in total. The summed E-state index contributed by atoms with van der Waals surface area (Å²) in [7, 11) is 0. The van der Waals surface area contributed by atoms with Gasteiger partial charge in [0.05, 0.1) is 5.56 Å². The van der Waals surface area contributed by atoms with Crippen LogP contribution in [0.4, 0.5) is 13.2 Å². The van der Waals surface area contributed by atoms with Gasteiger partial charge >= 0.3 is 6.18 Å². The minimum Gasteiger partial charge on any atom is -0.235 e. The van der Waals surface area contributed by atoms with Crippen LogP contribution in [-0.4, -0.2) is 4.90 Å². The fourth-order valence-corrected chi connectivity index (χ4v) is 3.36. The first-order valence-electron chi connectivity index (χ1n) is 8.87. The number of hydrogen-bond donors (Lipinski definition) is 0. The molecule has 0 amide bonds. The molecule has 0 spiro atoms. The molecule has 28 heavy (non-hydrogen) atoms. The summed E-state index contributed by atoms with van der Waals surface area (Å²) < 4.78 is 40.7. The van der Waals surface area contributed by atoms with Gasteiger partial charge in [-0.3, -0.25) is 0 Å². The average Bonchev–Trinajstić information content (AvgIpc) is 3.12. The Hall–Kier alpha value is -2.67. The van der Waals surface area contributed by atoms with Crippen LogP contribution in [0.5, 0.6) is 0 Å². The van der Waals surface area contributed by atoms with Gasteiger partial charge in [0, 0.05) is 12.1 Å². The van der Waals surface area contributed by atoms with Crippen molar-refractivity contribution >= 4 is 0 Å². The molecule has 1 aliphatic rings. The van der Waals surface area contributed by atoms with Crippen molar-refractivity contribution in [3.05, 3.63) is 107 Å². The summed E-state index contributed by atoms with van der Waals surface area (Å²) in [5.41, 5.74) is 1.07. The molecule has 4 rings (SSSR count). The number of rotatable bonds is 4. The first kappa shape index (κ1) is 18.7. The third-order valence-corrected chi connectivity index (χ3v) is 4.67. The van der Waals surface area contributed by atoms with Crippen molar-refractivity contribution in [3.8, 4) is 0 Å². The number of alkyl halides is 3. The van der Waals surface area contributed by atoms with E-state index in [1.54, 1.807) is 11.0 Å². The zero-order valence-electron chi connectivity index (χ0n) is 14.8. The predicted octanol–water partition coefficient (Wildman–Crippen LogP) is 5.87. The Kier molecular flexibility index (Phi) is 5.17. The van der Waals surface area contributed by atoms with E-state index in [-0.39, 0.29) is 5.56 Å². The second kappa shape index (κ2) is 7.75. The molecule has 0 bridgehead atoms. The molecule has 0 aromatic heterocycles. The van der Waals surface area contributed by atoms with Gasteiger partial charge in [0.2, 0.25) is 0 Å². The van der Waals surface area contributed by atoms with Crippen molar-refractivity contribution in [2.45, 2.75) is 25.2 Å². The van der Waals surface area contributed by atoms with E-state index in [4.69, 9.17) is 9.78 Å². The van der Waals surface area contributed by atoms with Crippen molar-refractivity contribution in [3.63, 3.8) is 0 Å². The minimum atomic E-state index is -4.48. The van der Waals surface area contributed by atoms with Gasteiger partial charge < -0.3 is 0 Å². The molecule has 1 heterocycles. The molecule has 0 saturated carbocycles. The second-order valence-corrected chi connectivity index (χ2v) is 6.55. The Morgan fingerprint density at radius 2 is 1.29 bits per heavy atom. The first-order chi connectivity index (χ1) is 13.5. The summed E-state index contributed by atoms with van der Waals surface area (Å²) in [6.07, 6.45) is -6.08. The van der Waals surface area contributed by atoms with Crippen LogP contribution in [0.2, 0.25) is 0 Å². The summed E-state index contributed by atoms with van der Waals surface area (Å²) in [6, 6.07) is 24.3. The van der Waals surface area contributed by atoms with Crippen LogP contribution >= 0.6 is 0 Å². The van der Waals surface area contributed by atoms with Crippen LogP contribution in [0.3, 0.4) is 0 Å². The third kappa shape index (κ3) is 3.80. The fourth-order valence-electron chi connectivity index (χ4n) is 3.36. The Morgan fingerprint density at radius 3 is 1.96 bits per heavy atom. The van der Waals surface area contributed by atoms with Gasteiger partial charge in [-0.1, -0.05) is 78.9 Å². The average molecular weight is 385 g/mol. The molecule has 0 aliphatic carbocycles. The molecule has 2 atom stereocenters. The zero-order chi connectivity index (χ0) is 19.6. The molecule has 2 unspecified atom stereocenters. The molecule has 0 N–H and O–H groups in total. The summed E-state index contributed by atoms with van der Waals surface area (Å²) in [6.45, 7) is 0.372. The monoisotopic (exact) mass is 385 g/mol. The maximum Gasteiger partial charge on any atom is 0.416 e. The molecular formula is C22H18F3NO2. The van der Waals surface area contributed by atoms with Gasteiger partial charge in [0.25, 0.3) is 0 Å². The minimum absolute atomic E-state index is 0.0318. The Labute approximate surface area is 160 Å². The number of hydrogen-bond acceptors (Lipinski definition) is 3. The van der Waals surface area contributed by atoms with Crippen LogP contribution in [0.25, 0.3) is 0 Å². The van der Waals surface area contributed by atoms with Crippen LogP contribution in [0, 0.1) is 0 Å². The SMILES string of the molecule is FC(F)(F)c1ccccc1C1OOC(c2ccccc2)N1Cc1ccccc1. The van der Waals surface area contributed by atoms with E-state index < -0.39 is 24.2 Å². The van der Waals surface area contributed by atoms with Crippen LogP contribution < -0.4 is 0 Å². The highest BCUT2D eigenvalue weighted by Gasteiger charge is 2.43. The number of nitrogens with zero attached hydrogens (tertiary/aromatic N) is 1. The van der Waals surface area contributed by atoms with E-state index in [0.717, 1.165) is 17.2 Å². The van der Waals surface area contributed by atoms with Gasteiger partial charge in [-0.15, -0.1) is 0 Å². The highest BCUT2D eigenvalue weighted by molar-refractivity contribution is 5.32. The molecule has 0 radical (unpaired) electrons. The van der Waals surface area contributed by atoms with Crippen molar-refractivity contribution in [1.29, 1.82) is 0 Å². The van der Waals surface area contributed by atoms with Crippen LogP contribution in [-0.2, 0) is 22.5 Å². The number of halogens is 3. The molecule has 144 valence electrons. The third-order valence-electron chi connectivity index (χ3n) is 4.67. The van der Waals surface area contributed by atoms with E-state index >= 15 is 0 Å². The molecule has 1 saturated heterocycles. The van der Waals surface area contributed by atoms with Gasteiger partial charge in [0.1, 0.15) is 0 Å². The highest BCUT2D eigenvalue weighted by Crippen LogP contribution is 2.44. The van der Waals surface area contributed by atoms with E-state index in [2.05, 4.69) is 0 Å². The smallest absolute Gasteiger partial charge is 0.235 e. The lowest BCUT2D eigenvalue weighted by molar-refractivity contribution is -0.301. The lowest BCUT2D eigenvalue weighted by Crippen LogP contribution is -2.28. The van der Waals surface area contributed by atoms with Crippen molar-refractivity contribution in [1.82, 2.24) is 4.90 Å². The van der Waals surface area contributed by atoms with Crippen LogP contribution in [0.1, 0.15) is 34.7 Å². The topological polar surface area (TPSA) is 21.7 Å². The second-order valence-electron chi connectivity index (χ2n) is 6.55. The normalized spacial score (nSPS) is 20.4. The van der Waals surface area contributed by atoms with Gasteiger partial charge in [-0.25, -0.2) is 14.7 Å². The molecular weight excluding hydrogens is 367 g/mol. The molecule has 3 aromatic rings. The molecule has 1 fully saturated rings. The van der Waals surface area contributed by atoms with E-state index in [0.29, 0.717) is 6.54 Å². The lowest BCUT2D eigenvalue weighted by Gasteiger charge is -2.27. The largest absolute Gasteiger partial charge is 0.416 e. The maximum absolute atomic E-state index is 13.6. The first-order valence-corrected chi connectivity index (χ1v) is 8.87. The number of benzene rings is 3. The van der Waals surface area contributed by atoms with Gasteiger partial charge in [-0.2, -0.15) is 13.2 Å². The Morgan fingerprint density at radius 1 is 0.714 bits per heavy atom. The van der Waals surface area contributed by atoms with E-state index in [9.17, 15) is 13.2 Å². The summed E-state index contributed by atoms with van der Waals surface area (Å²) in [5, 5.41) is 0. The summed E-state index contributed by atoms with van der Waals surface area (Å²) >= 11 is 0. The Balaban J connectivity index is 1.74. The van der Waals surface area contributed by atoms with Crippen molar-refractivity contribution < 1.29 is 22.9 Å². The van der Waals surface area contributed by atoms with Gasteiger partial charge in [0.15, 0.2) is 12.5 Å².